The number of hydrogen-bond acceptors (Lipinski definition) is 4. The second kappa shape index (κ2) is 7.61. The SMILES string of the molecule is C=CCNC(=O)CN1CCN(C(=O)c2cccc(N)c2)CC1. The first-order chi connectivity index (χ1) is 10.6. The van der Waals surface area contributed by atoms with E-state index in [1.165, 1.54) is 0 Å². The highest BCUT2D eigenvalue weighted by molar-refractivity contribution is 5.95. The first-order valence-electron chi connectivity index (χ1n) is 7.35. The quantitative estimate of drug-likeness (QED) is 0.607. The summed E-state index contributed by atoms with van der Waals surface area (Å²) in [5, 5.41) is 2.75. The third kappa shape index (κ3) is 4.33. The van der Waals surface area contributed by atoms with Gasteiger partial charge in [-0.3, -0.25) is 14.5 Å². The van der Waals surface area contributed by atoms with E-state index in [4.69, 9.17) is 5.73 Å². The summed E-state index contributed by atoms with van der Waals surface area (Å²) in [5.74, 6) is -0.0291. The van der Waals surface area contributed by atoms with Crippen molar-refractivity contribution in [3.05, 3.63) is 42.5 Å². The molecule has 0 radical (unpaired) electrons. The van der Waals surface area contributed by atoms with Crippen LogP contribution < -0.4 is 11.1 Å². The Morgan fingerprint density at radius 1 is 1.27 bits per heavy atom. The molecular weight excluding hydrogens is 280 g/mol. The van der Waals surface area contributed by atoms with E-state index in [1.807, 2.05) is 4.90 Å². The van der Waals surface area contributed by atoms with Gasteiger partial charge in [-0.05, 0) is 18.2 Å². The number of nitrogens with zero attached hydrogens (tertiary/aromatic N) is 2. The lowest BCUT2D eigenvalue weighted by molar-refractivity contribution is -0.122. The fourth-order valence-electron chi connectivity index (χ4n) is 2.41. The van der Waals surface area contributed by atoms with Crippen LogP contribution in [-0.2, 0) is 4.79 Å². The maximum absolute atomic E-state index is 12.4. The number of nitrogen functional groups attached to an aromatic ring is 1. The maximum Gasteiger partial charge on any atom is 0.254 e. The summed E-state index contributed by atoms with van der Waals surface area (Å²) >= 11 is 0. The van der Waals surface area contributed by atoms with Crippen LogP contribution in [0, 0.1) is 0 Å². The fraction of sp³-hybridized carbons (Fsp3) is 0.375. The van der Waals surface area contributed by atoms with Crippen LogP contribution in [0.3, 0.4) is 0 Å². The van der Waals surface area contributed by atoms with E-state index in [9.17, 15) is 9.59 Å². The molecule has 0 atom stereocenters. The second-order valence-corrected chi connectivity index (χ2v) is 5.29. The normalized spacial score (nSPS) is 15.4. The van der Waals surface area contributed by atoms with Gasteiger partial charge in [0.05, 0.1) is 6.54 Å². The van der Waals surface area contributed by atoms with Crippen molar-refractivity contribution in [3.8, 4) is 0 Å². The van der Waals surface area contributed by atoms with Gasteiger partial charge in [0.25, 0.3) is 5.91 Å². The summed E-state index contributed by atoms with van der Waals surface area (Å²) < 4.78 is 0. The molecule has 0 bridgehead atoms. The average Bonchev–Trinajstić information content (AvgIpc) is 2.53. The number of hydrogen-bond donors (Lipinski definition) is 2. The molecule has 1 saturated heterocycles. The van der Waals surface area contributed by atoms with Gasteiger partial charge >= 0.3 is 0 Å². The highest BCUT2D eigenvalue weighted by Gasteiger charge is 2.23. The number of rotatable bonds is 5. The predicted octanol–water partition coefficient (Wildman–Crippen LogP) is 0.329. The number of carbonyl (C=O) groups excluding carboxylic acids is 2. The summed E-state index contributed by atoms with van der Waals surface area (Å²) in [6, 6.07) is 7.00. The van der Waals surface area contributed by atoms with Gasteiger partial charge in [-0.1, -0.05) is 12.1 Å². The molecule has 6 nitrogen and oxygen atoms in total. The van der Waals surface area contributed by atoms with Gasteiger partial charge in [-0.15, -0.1) is 6.58 Å². The summed E-state index contributed by atoms with van der Waals surface area (Å²) in [6.07, 6.45) is 1.65. The van der Waals surface area contributed by atoms with Crippen LogP contribution in [0.4, 0.5) is 5.69 Å². The van der Waals surface area contributed by atoms with E-state index in [1.54, 1.807) is 35.2 Å². The molecule has 1 heterocycles. The van der Waals surface area contributed by atoms with Crippen LogP contribution in [0.1, 0.15) is 10.4 Å². The van der Waals surface area contributed by atoms with E-state index in [0.29, 0.717) is 50.5 Å². The number of nitrogens with two attached hydrogens (primary N) is 1. The standard InChI is InChI=1S/C16H22N4O2/c1-2-6-18-15(21)12-19-7-9-20(10-8-19)16(22)13-4-3-5-14(17)11-13/h2-5,11H,1,6-10,12,17H2,(H,18,21). The van der Waals surface area contributed by atoms with Crippen molar-refractivity contribution in [2.45, 2.75) is 0 Å². The third-order valence-electron chi connectivity index (χ3n) is 3.60. The van der Waals surface area contributed by atoms with Crippen LogP contribution in [0.15, 0.2) is 36.9 Å². The van der Waals surface area contributed by atoms with E-state index in [0.717, 1.165) is 0 Å². The van der Waals surface area contributed by atoms with Gasteiger partial charge in [-0.25, -0.2) is 0 Å². The Labute approximate surface area is 130 Å². The molecule has 1 aromatic rings. The number of anilines is 1. The molecule has 1 aliphatic heterocycles. The smallest absolute Gasteiger partial charge is 0.254 e. The van der Waals surface area contributed by atoms with Gasteiger partial charge in [-0.2, -0.15) is 0 Å². The molecule has 6 heteroatoms. The molecule has 1 aromatic carbocycles. The molecule has 0 aliphatic carbocycles. The van der Waals surface area contributed by atoms with Gasteiger partial charge in [0.1, 0.15) is 0 Å². The average molecular weight is 302 g/mol. The molecule has 0 spiro atoms. The Morgan fingerprint density at radius 2 is 2.00 bits per heavy atom. The molecule has 1 aliphatic rings. The van der Waals surface area contributed by atoms with Crippen molar-refractivity contribution < 1.29 is 9.59 Å². The summed E-state index contributed by atoms with van der Waals surface area (Å²) in [5.41, 5.74) is 6.91. The van der Waals surface area contributed by atoms with Crippen molar-refractivity contribution in [1.82, 2.24) is 15.1 Å². The summed E-state index contributed by atoms with van der Waals surface area (Å²) in [4.78, 5) is 27.9. The fourth-order valence-corrected chi connectivity index (χ4v) is 2.41. The highest BCUT2D eigenvalue weighted by atomic mass is 16.2. The maximum atomic E-state index is 12.4. The number of nitrogens with one attached hydrogen (secondary N) is 1. The van der Waals surface area contributed by atoms with E-state index in [2.05, 4.69) is 11.9 Å². The van der Waals surface area contributed by atoms with Crippen LogP contribution in [0.25, 0.3) is 0 Å². The van der Waals surface area contributed by atoms with Crippen molar-refractivity contribution in [2.75, 3.05) is 45.0 Å². The topological polar surface area (TPSA) is 78.7 Å². The number of benzene rings is 1. The molecular formula is C16H22N4O2. The lowest BCUT2D eigenvalue weighted by Gasteiger charge is -2.34. The van der Waals surface area contributed by atoms with Crippen LogP contribution in [-0.4, -0.2) is 60.9 Å². The Bertz CT molecular complexity index is 551. The Balaban J connectivity index is 1.83. The molecule has 2 amide bonds. The van der Waals surface area contributed by atoms with Crippen molar-refractivity contribution in [3.63, 3.8) is 0 Å². The van der Waals surface area contributed by atoms with Gasteiger partial charge in [0.15, 0.2) is 0 Å². The molecule has 0 saturated carbocycles. The zero-order valence-corrected chi connectivity index (χ0v) is 12.6. The molecule has 2 rings (SSSR count). The minimum atomic E-state index is -0.0180. The lowest BCUT2D eigenvalue weighted by atomic mass is 10.1. The van der Waals surface area contributed by atoms with Crippen molar-refractivity contribution in [2.24, 2.45) is 0 Å². The monoisotopic (exact) mass is 302 g/mol. The van der Waals surface area contributed by atoms with Gasteiger partial charge in [0.2, 0.25) is 5.91 Å². The largest absolute Gasteiger partial charge is 0.399 e. The number of piperazine rings is 1. The first-order valence-corrected chi connectivity index (χ1v) is 7.35. The highest BCUT2D eigenvalue weighted by Crippen LogP contribution is 2.11. The molecule has 1 fully saturated rings. The lowest BCUT2D eigenvalue weighted by Crippen LogP contribution is -2.51. The molecule has 0 unspecified atom stereocenters. The van der Waals surface area contributed by atoms with Crippen LogP contribution in [0.5, 0.6) is 0 Å². The predicted molar refractivity (Wildman–Crippen MR) is 86.4 cm³/mol. The molecule has 0 aromatic heterocycles. The van der Waals surface area contributed by atoms with Crippen molar-refractivity contribution in [1.29, 1.82) is 0 Å². The Kier molecular flexibility index (Phi) is 5.55. The molecule has 118 valence electrons. The Morgan fingerprint density at radius 3 is 2.64 bits per heavy atom. The minimum Gasteiger partial charge on any atom is -0.399 e. The summed E-state index contributed by atoms with van der Waals surface area (Å²) in [6.45, 7) is 7.00. The Hall–Kier alpha value is -2.34. The molecule has 22 heavy (non-hydrogen) atoms. The minimum absolute atomic E-state index is 0.0111. The van der Waals surface area contributed by atoms with Gasteiger partial charge < -0.3 is 16.0 Å². The number of carbonyl (C=O) groups is 2. The number of amides is 2. The second-order valence-electron chi connectivity index (χ2n) is 5.29. The van der Waals surface area contributed by atoms with E-state index < -0.39 is 0 Å². The van der Waals surface area contributed by atoms with Crippen LogP contribution in [0.2, 0.25) is 0 Å². The molecule has 3 N–H and O–H groups in total. The zero-order valence-electron chi connectivity index (χ0n) is 12.6. The zero-order chi connectivity index (χ0) is 15.9. The van der Waals surface area contributed by atoms with E-state index in [-0.39, 0.29) is 11.8 Å². The van der Waals surface area contributed by atoms with E-state index >= 15 is 0 Å². The summed E-state index contributed by atoms with van der Waals surface area (Å²) in [7, 11) is 0. The first kappa shape index (κ1) is 16.0. The van der Waals surface area contributed by atoms with Crippen LogP contribution >= 0.6 is 0 Å². The third-order valence-corrected chi connectivity index (χ3v) is 3.60. The van der Waals surface area contributed by atoms with Crippen molar-refractivity contribution >= 4 is 17.5 Å². The van der Waals surface area contributed by atoms with Gasteiger partial charge in [0, 0.05) is 44.0 Å².